The predicted molar refractivity (Wildman–Crippen MR) is 67.0 cm³/mol. The minimum Gasteiger partial charge on any atom is -0.390 e. The number of rotatable bonds is 2. The molecule has 8 heteroatoms. The van der Waals surface area contributed by atoms with Crippen LogP contribution >= 0.6 is 0 Å². The molecular formula is C12H15N3O5. The first kappa shape index (κ1) is 13.1. The maximum absolute atomic E-state index is 11.7. The Kier molecular flexibility index (Phi) is 2.98. The summed E-state index contributed by atoms with van der Waals surface area (Å²) in [5, 5.41) is 22.8. The molecule has 0 radical (unpaired) electrons. The molecule has 2 fully saturated rings. The molecule has 1 aromatic rings. The van der Waals surface area contributed by atoms with Crippen LogP contribution in [0.1, 0.15) is 18.9 Å². The lowest BCUT2D eigenvalue weighted by molar-refractivity contribution is -0.130. The number of aromatic amines is 1. The van der Waals surface area contributed by atoms with Gasteiger partial charge in [-0.05, 0) is 6.42 Å². The third-order valence-corrected chi connectivity index (χ3v) is 4.17. The Bertz CT molecular complexity index is 643. The number of nitrogens with one attached hydrogen (secondary N) is 2. The number of amides is 1. The first-order chi connectivity index (χ1) is 9.47. The summed E-state index contributed by atoms with van der Waals surface area (Å²) in [5.41, 5.74) is -1.13. The van der Waals surface area contributed by atoms with Gasteiger partial charge < -0.3 is 15.5 Å². The van der Waals surface area contributed by atoms with Crippen molar-refractivity contribution < 1.29 is 15.0 Å². The zero-order chi connectivity index (χ0) is 14.4. The summed E-state index contributed by atoms with van der Waals surface area (Å²) in [4.78, 5) is 35.8. The molecule has 8 nitrogen and oxygen atoms in total. The highest BCUT2D eigenvalue weighted by atomic mass is 16.3. The Balaban J connectivity index is 1.86. The molecular weight excluding hydrogens is 266 g/mol. The Morgan fingerprint density at radius 3 is 2.50 bits per heavy atom. The predicted octanol–water partition coefficient (Wildman–Crippen LogP) is -2.29. The van der Waals surface area contributed by atoms with Crippen molar-refractivity contribution in [3.05, 3.63) is 33.1 Å². The number of H-pyrrole nitrogens is 1. The van der Waals surface area contributed by atoms with E-state index in [0.29, 0.717) is 12.8 Å². The highest BCUT2D eigenvalue weighted by Gasteiger charge is 2.48. The number of hydrogen-bond donors (Lipinski definition) is 4. The van der Waals surface area contributed by atoms with Crippen LogP contribution in [0.15, 0.2) is 21.9 Å². The Morgan fingerprint density at radius 1 is 1.20 bits per heavy atom. The molecule has 1 amide bonds. The number of aliphatic hydroxyl groups excluding tert-OH is 2. The van der Waals surface area contributed by atoms with E-state index in [2.05, 4.69) is 10.3 Å². The van der Waals surface area contributed by atoms with Crippen LogP contribution in [0.25, 0.3) is 0 Å². The van der Waals surface area contributed by atoms with Crippen molar-refractivity contribution in [1.29, 1.82) is 0 Å². The van der Waals surface area contributed by atoms with Crippen molar-refractivity contribution in [1.82, 2.24) is 14.9 Å². The molecule has 0 spiro atoms. The van der Waals surface area contributed by atoms with Gasteiger partial charge in [0, 0.05) is 30.6 Å². The number of carbonyl (C=O) groups is 1. The van der Waals surface area contributed by atoms with Gasteiger partial charge in [-0.3, -0.25) is 19.1 Å². The largest absolute Gasteiger partial charge is 0.390 e. The summed E-state index contributed by atoms with van der Waals surface area (Å²) in [6, 6.07) is 0.409. The van der Waals surface area contributed by atoms with Gasteiger partial charge in [0.1, 0.15) is 6.10 Å². The zero-order valence-corrected chi connectivity index (χ0v) is 10.5. The molecule has 1 aliphatic carbocycles. The standard InChI is InChI=1S/C12H15N3O5/c16-8-1-2-15(12(20)14-8)7-3-5(10(18)11(7)19)6-4-9(17)13-6/h1-2,5-7,10-11,18-19H,3-4H2,(H,13,17)(H,14,16,20)/t5-,6+,7-,10-,11+/m1/s1. The number of aromatic nitrogens is 2. The highest BCUT2D eigenvalue weighted by Crippen LogP contribution is 2.38. The van der Waals surface area contributed by atoms with Crippen LogP contribution in [0.4, 0.5) is 0 Å². The lowest BCUT2D eigenvalue weighted by Gasteiger charge is -2.33. The van der Waals surface area contributed by atoms with E-state index in [9.17, 15) is 24.6 Å². The van der Waals surface area contributed by atoms with Gasteiger partial charge in [-0.25, -0.2) is 4.79 Å². The fraction of sp³-hybridized carbons (Fsp3) is 0.583. The molecule has 4 N–H and O–H groups in total. The van der Waals surface area contributed by atoms with E-state index in [1.54, 1.807) is 0 Å². The molecule has 1 aliphatic heterocycles. The van der Waals surface area contributed by atoms with Crippen molar-refractivity contribution in [2.24, 2.45) is 5.92 Å². The second-order valence-corrected chi connectivity index (χ2v) is 5.34. The van der Waals surface area contributed by atoms with E-state index in [-0.39, 0.29) is 17.9 Å². The monoisotopic (exact) mass is 281 g/mol. The Hall–Kier alpha value is -1.93. The molecule has 1 aromatic heterocycles. The van der Waals surface area contributed by atoms with Gasteiger partial charge in [-0.1, -0.05) is 0 Å². The molecule has 2 aliphatic rings. The molecule has 1 saturated carbocycles. The third kappa shape index (κ3) is 1.97. The number of nitrogens with zero attached hydrogens (tertiary/aromatic N) is 1. The van der Waals surface area contributed by atoms with Gasteiger partial charge in [0.25, 0.3) is 5.56 Å². The number of carbonyl (C=O) groups excluding carboxylic acids is 1. The average Bonchev–Trinajstić information content (AvgIpc) is 2.63. The lowest BCUT2D eigenvalue weighted by atomic mass is 9.88. The lowest BCUT2D eigenvalue weighted by Crippen LogP contribution is -2.55. The summed E-state index contributed by atoms with van der Waals surface area (Å²) in [5.74, 6) is -0.382. The quantitative estimate of drug-likeness (QED) is 0.454. The summed E-state index contributed by atoms with van der Waals surface area (Å²) in [7, 11) is 0. The Labute approximate surface area is 113 Å². The third-order valence-electron chi connectivity index (χ3n) is 4.17. The van der Waals surface area contributed by atoms with Crippen LogP contribution in [-0.4, -0.2) is 43.9 Å². The van der Waals surface area contributed by atoms with Gasteiger partial charge in [-0.2, -0.15) is 0 Å². The van der Waals surface area contributed by atoms with Crippen LogP contribution in [0.2, 0.25) is 0 Å². The van der Waals surface area contributed by atoms with Crippen molar-refractivity contribution in [3.63, 3.8) is 0 Å². The number of hydrogen-bond acceptors (Lipinski definition) is 5. The molecule has 1 saturated heterocycles. The highest BCUT2D eigenvalue weighted by molar-refractivity contribution is 5.82. The van der Waals surface area contributed by atoms with E-state index in [0.717, 1.165) is 0 Å². The van der Waals surface area contributed by atoms with Crippen molar-refractivity contribution >= 4 is 5.91 Å². The SMILES string of the molecule is O=C1C[C@@H]([C@H]2C[C@@H](n3ccc(=O)[nH]c3=O)[C@H](O)[C@@H]2O)N1. The van der Waals surface area contributed by atoms with Crippen molar-refractivity contribution in [2.75, 3.05) is 0 Å². The van der Waals surface area contributed by atoms with E-state index in [4.69, 9.17) is 0 Å². The van der Waals surface area contributed by atoms with Crippen LogP contribution in [-0.2, 0) is 4.79 Å². The maximum atomic E-state index is 11.7. The Morgan fingerprint density at radius 2 is 1.90 bits per heavy atom. The van der Waals surface area contributed by atoms with Gasteiger partial charge in [0.15, 0.2) is 0 Å². The maximum Gasteiger partial charge on any atom is 0.328 e. The van der Waals surface area contributed by atoms with Crippen molar-refractivity contribution in [3.8, 4) is 0 Å². The van der Waals surface area contributed by atoms with Crippen LogP contribution in [0, 0.1) is 5.92 Å². The molecule has 108 valence electrons. The average molecular weight is 281 g/mol. The van der Waals surface area contributed by atoms with E-state index in [1.807, 2.05) is 0 Å². The minimum absolute atomic E-state index is 0.0821. The van der Waals surface area contributed by atoms with E-state index < -0.39 is 29.5 Å². The summed E-state index contributed by atoms with van der Waals surface area (Å²) >= 11 is 0. The molecule has 0 aromatic carbocycles. The van der Waals surface area contributed by atoms with E-state index in [1.165, 1.54) is 16.8 Å². The molecule has 0 bridgehead atoms. The van der Waals surface area contributed by atoms with E-state index >= 15 is 0 Å². The number of β-lactam (4-membered cyclic amide) rings is 1. The topological polar surface area (TPSA) is 124 Å². The molecule has 20 heavy (non-hydrogen) atoms. The first-order valence-corrected chi connectivity index (χ1v) is 6.44. The normalized spacial score (nSPS) is 36.5. The van der Waals surface area contributed by atoms with Gasteiger partial charge in [0.2, 0.25) is 5.91 Å². The second kappa shape index (κ2) is 4.57. The van der Waals surface area contributed by atoms with Gasteiger partial charge in [0.05, 0.1) is 12.1 Å². The van der Waals surface area contributed by atoms with Crippen LogP contribution < -0.4 is 16.6 Å². The van der Waals surface area contributed by atoms with Crippen LogP contribution in [0.3, 0.4) is 0 Å². The van der Waals surface area contributed by atoms with Gasteiger partial charge >= 0.3 is 5.69 Å². The second-order valence-electron chi connectivity index (χ2n) is 5.34. The van der Waals surface area contributed by atoms with Crippen LogP contribution in [0.5, 0.6) is 0 Å². The molecule has 5 atom stereocenters. The van der Waals surface area contributed by atoms with Crippen molar-refractivity contribution in [2.45, 2.75) is 37.1 Å². The minimum atomic E-state index is -1.11. The van der Waals surface area contributed by atoms with Gasteiger partial charge in [-0.15, -0.1) is 0 Å². The molecule has 3 rings (SSSR count). The smallest absolute Gasteiger partial charge is 0.328 e. The first-order valence-electron chi connectivity index (χ1n) is 6.44. The fourth-order valence-corrected chi connectivity index (χ4v) is 3.05. The molecule has 0 unspecified atom stereocenters. The summed E-state index contributed by atoms with van der Waals surface area (Å²) < 4.78 is 1.22. The number of aliphatic hydroxyl groups is 2. The molecule has 2 heterocycles. The summed E-state index contributed by atoms with van der Waals surface area (Å²) in [6.45, 7) is 0. The fourth-order valence-electron chi connectivity index (χ4n) is 3.05. The summed E-state index contributed by atoms with van der Waals surface area (Å²) in [6.07, 6.45) is -0.129. The zero-order valence-electron chi connectivity index (χ0n) is 10.5.